The number of pyridine rings is 1. The molecule has 2 aromatic rings. The number of nitrogens with zero attached hydrogens (tertiary/aromatic N) is 2. The van der Waals surface area contributed by atoms with Crippen molar-refractivity contribution in [2.75, 3.05) is 25.0 Å². The highest BCUT2D eigenvalue weighted by Crippen LogP contribution is 2.37. The molecule has 3 amide bonds. The maximum Gasteiger partial charge on any atom is 0.320 e. The number of halogens is 1. The summed E-state index contributed by atoms with van der Waals surface area (Å²) in [5.74, 6) is 1.38. The third-order valence-corrected chi connectivity index (χ3v) is 5.93. The van der Waals surface area contributed by atoms with E-state index in [4.69, 9.17) is 16.3 Å². The predicted octanol–water partition coefficient (Wildman–Crippen LogP) is 4.11. The van der Waals surface area contributed by atoms with Crippen LogP contribution in [0.15, 0.2) is 36.4 Å². The molecule has 30 heavy (non-hydrogen) atoms. The van der Waals surface area contributed by atoms with Gasteiger partial charge in [0, 0.05) is 43.6 Å². The lowest BCUT2D eigenvalue weighted by Gasteiger charge is -2.31. The Kier molecular flexibility index (Phi) is 6.08. The molecule has 2 atom stereocenters. The number of urea groups is 1. The zero-order valence-corrected chi connectivity index (χ0v) is 17.6. The van der Waals surface area contributed by atoms with Gasteiger partial charge in [0.05, 0.1) is 17.7 Å². The van der Waals surface area contributed by atoms with Crippen molar-refractivity contribution in [3.63, 3.8) is 0 Å². The molecule has 0 bridgehead atoms. The van der Waals surface area contributed by atoms with Gasteiger partial charge in [-0.1, -0.05) is 29.8 Å². The number of aromatic nitrogens is 1. The number of hydrogen-bond acceptors (Lipinski definition) is 4. The normalized spacial score (nSPS) is 20.7. The summed E-state index contributed by atoms with van der Waals surface area (Å²) < 4.78 is 5.65. The molecule has 0 radical (unpaired) electrons. The minimum atomic E-state index is -0.327. The number of rotatable bonds is 3. The number of anilines is 1. The summed E-state index contributed by atoms with van der Waals surface area (Å²) in [6.45, 7) is 3.55. The first-order valence-corrected chi connectivity index (χ1v) is 10.6. The minimum Gasteiger partial charge on any atom is -0.492 e. The predicted molar refractivity (Wildman–Crippen MR) is 115 cm³/mol. The molecule has 8 heteroatoms. The topological polar surface area (TPSA) is 83.6 Å². The molecular weight excluding hydrogens is 404 g/mol. The van der Waals surface area contributed by atoms with Crippen molar-refractivity contribution in [3.8, 4) is 5.75 Å². The van der Waals surface area contributed by atoms with Crippen LogP contribution in [0.2, 0.25) is 5.02 Å². The van der Waals surface area contributed by atoms with E-state index >= 15 is 0 Å². The van der Waals surface area contributed by atoms with Crippen molar-refractivity contribution in [2.45, 2.75) is 38.1 Å². The van der Waals surface area contributed by atoms with Crippen LogP contribution in [0.1, 0.15) is 49.4 Å². The van der Waals surface area contributed by atoms with Crippen LogP contribution in [0.3, 0.4) is 0 Å². The second kappa shape index (κ2) is 8.92. The molecule has 158 valence electrons. The first-order valence-electron chi connectivity index (χ1n) is 10.2. The van der Waals surface area contributed by atoms with Gasteiger partial charge < -0.3 is 15.0 Å². The van der Waals surface area contributed by atoms with Crippen LogP contribution in [0.5, 0.6) is 5.75 Å². The molecule has 1 aromatic carbocycles. The Bertz CT molecular complexity index is 952. The van der Waals surface area contributed by atoms with Crippen molar-refractivity contribution in [2.24, 2.45) is 0 Å². The highest BCUT2D eigenvalue weighted by molar-refractivity contribution is 6.32. The van der Waals surface area contributed by atoms with Gasteiger partial charge in [0.25, 0.3) is 0 Å². The molecular formula is C22H25ClN4O3. The van der Waals surface area contributed by atoms with E-state index in [1.165, 1.54) is 0 Å². The molecule has 3 heterocycles. The van der Waals surface area contributed by atoms with Crippen LogP contribution in [0, 0.1) is 0 Å². The van der Waals surface area contributed by atoms with E-state index in [1.807, 2.05) is 29.2 Å². The summed E-state index contributed by atoms with van der Waals surface area (Å²) >= 11 is 6.21. The number of amides is 3. The molecule has 1 fully saturated rings. The van der Waals surface area contributed by atoms with Crippen LogP contribution in [0.4, 0.5) is 10.6 Å². The average Bonchev–Trinajstić information content (AvgIpc) is 2.75. The molecule has 1 saturated heterocycles. The van der Waals surface area contributed by atoms with Gasteiger partial charge in [0.2, 0.25) is 5.91 Å². The Balaban J connectivity index is 1.42. The first-order chi connectivity index (χ1) is 14.5. The van der Waals surface area contributed by atoms with Crippen molar-refractivity contribution >= 4 is 29.4 Å². The van der Waals surface area contributed by atoms with E-state index in [0.717, 1.165) is 30.6 Å². The molecule has 0 saturated carbocycles. The number of carbonyl (C=O) groups is 2. The van der Waals surface area contributed by atoms with Crippen molar-refractivity contribution in [1.29, 1.82) is 0 Å². The number of carbonyl (C=O) groups excluding carboxylic acids is 2. The van der Waals surface area contributed by atoms with Gasteiger partial charge in [0.15, 0.2) is 0 Å². The van der Waals surface area contributed by atoms with Crippen molar-refractivity contribution in [3.05, 3.63) is 52.7 Å². The largest absolute Gasteiger partial charge is 0.492 e. The zero-order chi connectivity index (χ0) is 21.1. The SMILES string of the molecule is CC(=O)N1CCC[C@@H](c2cccc(NC(=O)N[C@H]3CCOc4c(Cl)cccc43)n2)C1. The smallest absolute Gasteiger partial charge is 0.320 e. The van der Waals surface area contributed by atoms with E-state index < -0.39 is 0 Å². The molecule has 7 nitrogen and oxygen atoms in total. The van der Waals surface area contributed by atoms with Crippen molar-refractivity contribution in [1.82, 2.24) is 15.2 Å². The molecule has 0 aliphatic carbocycles. The molecule has 0 unspecified atom stereocenters. The number of likely N-dealkylation sites (tertiary alicyclic amines) is 1. The minimum absolute atomic E-state index is 0.0882. The van der Waals surface area contributed by atoms with Crippen LogP contribution in [-0.2, 0) is 4.79 Å². The second-order valence-corrected chi connectivity index (χ2v) is 8.11. The lowest BCUT2D eigenvalue weighted by molar-refractivity contribution is -0.130. The number of fused-ring (bicyclic) bond motifs is 1. The summed E-state index contributed by atoms with van der Waals surface area (Å²) in [6.07, 6.45) is 2.60. The van der Waals surface area contributed by atoms with Gasteiger partial charge >= 0.3 is 6.03 Å². The first kappa shape index (κ1) is 20.5. The molecule has 2 N–H and O–H groups in total. The van der Waals surface area contributed by atoms with Crippen LogP contribution >= 0.6 is 11.6 Å². The van der Waals surface area contributed by atoms with Gasteiger partial charge in [-0.05, 0) is 31.0 Å². The van der Waals surface area contributed by atoms with Gasteiger partial charge in [-0.15, -0.1) is 0 Å². The Morgan fingerprint density at radius 3 is 2.87 bits per heavy atom. The Labute approximate surface area is 180 Å². The highest BCUT2D eigenvalue weighted by Gasteiger charge is 2.26. The number of hydrogen-bond donors (Lipinski definition) is 2. The Morgan fingerprint density at radius 2 is 2.03 bits per heavy atom. The number of benzene rings is 1. The van der Waals surface area contributed by atoms with E-state index in [0.29, 0.717) is 36.2 Å². The molecule has 2 aliphatic heterocycles. The van der Waals surface area contributed by atoms with E-state index in [1.54, 1.807) is 19.1 Å². The quantitative estimate of drug-likeness (QED) is 0.770. The van der Waals surface area contributed by atoms with Crippen molar-refractivity contribution < 1.29 is 14.3 Å². The highest BCUT2D eigenvalue weighted by atomic mass is 35.5. The number of ether oxygens (including phenoxy) is 1. The summed E-state index contributed by atoms with van der Waals surface area (Å²) in [5, 5.41) is 6.37. The third-order valence-electron chi connectivity index (χ3n) is 5.63. The monoisotopic (exact) mass is 428 g/mol. The molecule has 0 spiro atoms. The zero-order valence-electron chi connectivity index (χ0n) is 16.9. The lowest BCUT2D eigenvalue weighted by Crippen LogP contribution is -2.38. The maximum atomic E-state index is 12.6. The molecule has 2 aliphatic rings. The molecule has 4 rings (SSSR count). The molecule has 1 aromatic heterocycles. The second-order valence-electron chi connectivity index (χ2n) is 7.70. The fourth-order valence-electron chi connectivity index (χ4n) is 4.10. The summed E-state index contributed by atoms with van der Waals surface area (Å²) in [7, 11) is 0. The third kappa shape index (κ3) is 4.51. The standard InChI is InChI=1S/C22H25ClN4O3/c1-14(28)27-11-4-5-15(13-27)18-8-3-9-20(24-18)26-22(29)25-19-10-12-30-21-16(19)6-2-7-17(21)23/h2-3,6-9,15,19H,4-5,10-13H2,1H3,(H2,24,25,26,29)/t15-,19+/m1/s1. The van der Waals surface area contributed by atoms with E-state index in [-0.39, 0.29) is 23.9 Å². The maximum absolute atomic E-state index is 12.6. The Morgan fingerprint density at radius 1 is 1.20 bits per heavy atom. The van der Waals surface area contributed by atoms with Crippen LogP contribution in [-0.4, -0.2) is 41.5 Å². The fraction of sp³-hybridized carbons (Fsp3) is 0.409. The summed E-state index contributed by atoms with van der Waals surface area (Å²) in [5.41, 5.74) is 1.76. The number of para-hydroxylation sites is 1. The summed E-state index contributed by atoms with van der Waals surface area (Å²) in [4.78, 5) is 30.8. The van der Waals surface area contributed by atoms with Gasteiger partial charge in [0.1, 0.15) is 11.6 Å². The number of piperidine rings is 1. The number of nitrogens with one attached hydrogen (secondary N) is 2. The summed E-state index contributed by atoms with van der Waals surface area (Å²) in [6, 6.07) is 10.6. The van der Waals surface area contributed by atoms with E-state index in [2.05, 4.69) is 15.6 Å². The van der Waals surface area contributed by atoms with Gasteiger partial charge in [-0.2, -0.15) is 0 Å². The van der Waals surface area contributed by atoms with Crippen LogP contribution < -0.4 is 15.4 Å². The lowest BCUT2D eigenvalue weighted by atomic mass is 9.94. The Hall–Kier alpha value is -2.80. The fourth-order valence-corrected chi connectivity index (χ4v) is 4.34. The van der Waals surface area contributed by atoms with Crippen LogP contribution in [0.25, 0.3) is 0 Å². The van der Waals surface area contributed by atoms with Gasteiger partial charge in [-0.25, -0.2) is 9.78 Å². The van der Waals surface area contributed by atoms with E-state index in [9.17, 15) is 9.59 Å². The van der Waals surface area contributed by atoms with Gasteiger partial charge in [-0.3, -0.25) is 10.1 Å². The average molecular weight is 429 g/mol.